The third-order valence-corrected chi connectivity index (χ3v) is 3.74. The molecule has 0 aliphatic carbocycles. The lowest BCUT2D eigenvalue weighted by atomic mass is 9.93. The zero-order chi connectivity index (χ0) is 12.8. The van der Waals surface area contributed by atoms with Gasteiger partial charge in [0.1, 0.15) is 5.82 Å². The number of ether oxygens (including phenoxy) is 1. The van der Waals surface area contributed by atoms with Crippen LogP contribution in [0.3, 0.4) is 0 Å². The molecule has 0 saturated carbocycles. The largest absolute Gasteiger partial charge is 0.388 e. The van der Waals surface area contributed by atoms with Crippen molar-refractivity contribution in [3.8, 4) is 0 Å². The van der Waals surface area contributed by atoms with Crippen molar-refractivity contribution in [3.63, 3.8) is 0 Å². The van der Waals surface area contributed by atoms with Crippen LogP contribution in [-0.2, 0) is 4.74 Å². The normalized spacial score (nSPS) is 18.9. The first-order valence-electron chi connectivity index (χ1n) is 6.82. The predicted molar refractivity (Wildman–Crippen MR) is 70.0 cm³/mol. The Morgan fingerprint density at radius 2 is 2.22 bits per heavy atom. The third kappa shape index (κ3) is 3.71. The van der Waals surface area contributed by atoms with Crippen molar-refractivity contribution in [2.24, 2.45) is 5.92 Å². The highest BCUT2D eigenvalue weighted by molar-refractivity contribution is 5.38. The minimum Gasteiger partial charge on any atom is -0.388 e. The third-order valence-electron chi connectivity index (χ3n) is 3.74. The molecule has 2 heterocycles. The Morgan fingerprint density at radius 3 is 2.89 bits per heavy atom. The maximum atomic E-state index is 9.97. The number of aliphatic hydroxyl groups is 1. The van der Waals surface area contributed by atoms with E-state index in [2.05, 4.69) is 10.2 Å². The summed E-state index contributed by atoms with van der Waals surface area (Å²) < 4.78 is 5.34. The van der Waals surface area contributed by atoms with Crippen LogP contribution in [0, 0.1) is 5.92 Å². The first kappa shape index (κ1) is 13.4. The van der Waals surface area contributed by atoms with Crippen LogP contribution in [-0.4, -0.2) is 28.5 Å². The maximum Gasteiger partial charge on any atom is 0.124 e. The number of anilines is 1. The van der Waals surface area contributed by atoms with Gasteiger partial charge in [0.2, 0.25) is 0 Å². The van der Waals surface area contributed by atoms with Crippen LogP contribution in [0.5, 0.6) is 0 Å². The molecule has 4 N–H and O–H groups in total. The van der Waals surface area contributed by atoms with Crippen LogP contribution in [0.25, 0.3) is 0 Å². The molecule has 1 atom stereocenters. The average molecular weight is 253 g/mol. The highest BCUT2D eigenvalue weighted by atomic mass is 16.5. The number of rotatable bonds is 6. The maximum absolute atomic E-state index is 9.97. The zero-order valence-corrected chi connectivity index (χ0v) is 10.8. The molecule has 102 valence electrons. The Kier molecular flexibility index (Phi) is 5.01. The van der Waals surface area contributed by atoms with Crippen molar-refractivity contribution >= 4 is 5.82 Å². The SMILES string of the molecule is Nc1[nH]ncc1C(O)CCCCC1CCOCC1. The molecule has 1 saturated heterocycles. The van der Waals surface area contributed by atoms with Crippen LogP contribution >= 0.6 is 0 Å². The summed E-state index contributed by atoms with van der Waals surface area (Å²) in [6, 6.07) is 0. The summed E-state index contributed by atoms with van der Waals surface area (Å²) in [4.78, 5) is 0. The lowest BCUT2D eigenvalue weighted by Crippen LogP contribution is -2.15. The van der Waals surface area contributed by atoms with Gasteiger partial charge in [0.25, 0.3) is 0 Å². The number of nitrogens with zero attached hydrogens (tertiary/aromatic N) is 1. The predicted octanol–water partition coefficient (Wildman–Crippen LogP) is 2.01. The molecule has 1 unspecified atom stereocenters. The minimum atomic E-state index is -0.488. The van der Waals surface area contributed by atoms with Gasteiger partial charge >= 0.3 is 0 Å². The van der Waals surface area contributed by atoms with Gasteiger partial charge in [-0.1, -0.05) is 19.3 Å². The van der Waals surface area contributed by atoms with E-state index in [1.54, 1.807) is 6.20 Å². The molecule has 1 aliphatic rings. The molecule has 0 aromatic carbocycles. The molecule has 1 fully saturated rings. The average Bonchev–Trinajstić information content (AvgIpc) is 2.82. The van der Waals surface area contributed by atoms with E-state index in [1.807, 2.05) is 0 Å². The van der Waals surface area contributed by atoms with Crippen LogP contribution in [0.2, 0.25) is 0 Å². The van der Waals surface area contributed by atoms with Gasteiger partial charge in [-0.25, -0.2) is 0 Å². The van der Waals surface area contributed by atoms with Crippen molar-refractivity contribution < 1.29 is 9.84 Å². The van der Waals surface area contributed by atoms with E-state index in [0.717, 1.165) is 37.5 Å². The molecule has 5 nitrogen and oxygen atoms in total. The standard InChI is InChI=1S/C13H23N3O2/c14-13-11(9-15-16-13)12(17)4-2-1-3-10-5-7-18-8-6-10/h9-10,12,17H,1-8H2,(H3,14,15,16). The van der Waals surface area contributed by atoms with Crippen molar-refractivity contribution in [2.45, 2.75) is 44.6 Å². The molecule has 5 heteroatoms. The number of H-pyrrole nitrogens is 1. The number of unbranched alkanes of at least 4 members (excludes halogenated alkanes) is 1. The van der Waals surface area contributed by atoms with Gasteiger partial charge in [-0.05, 0) is 25.2 Å². The molecule has 0 amide bonds. The summed E-state index contributed by atoms with van der Waals surface area (Å²) in [5.41, 5.74) is 6.39. The van der Waals surface area contributed by atoms with Crippen molar-refractivity contribution in [1.82, 2.24) is 10.2 Å². The fraction of sp³-hybridized carbons (Fsp3) is 0.769. The summed E-state index contributed by atoms with van der Waals surface area (Å²) >= 11 is 0. The van der Waals surface area contributed by atoms with E-state index < -0.39 is 6.10 Å². The van der Waals surface area contributed by atoms with Gasteiger partial charge in [0.15, 0.2) is 0 Å². The van der Waals surface area contributed by atoms with E-state index in [4.69, 9.17) is 10.5 Å². The smallest absolute Gasteiger partial charge is 0.124 e. The summed E-state index contributed by atoms with van der Waals surface area (Å²) in [6.45, 7) is 1.83. The Morgan fingerprint density at radius 1 is 1.44 bits per heavy atom. The van der Waals surface area contributed by atoms with Crippen molar-refractivity contribution in [2.75, 3.05) is 18.9 Å². The van der Waals surface area contributed by atoms with E-state index in [9.17, 15) is 5.11 Å². The van der Waals surface area contributed by atoms with Gasteiger partial charge in [0, 0.05) is 18.8 Å². The molecule has 18 heavy (non-hydrogen) atoms. The highest BCUT2D eigenvalue weighted by Crippen LogP contribution is 2.25. The number of aliphatic hydroxyl groups excluding tert-OH is 1. The molecule has 0 bridgehead atoms. The molecule has 0 radical (unpaired) electrons. The number of hydrogen-bond acceptors (Lipinski definition) is 4. The highest BCUT2D eigenvalue weighted by Gasteiger charge is 2.15. The monoisotopic (exact) mass is 253 g/mol. The molecule has 2 rings (SSSR count). The fourth-order valence-electron chi connectivity index (χ4n) is 2.53. The van der Waals surface area contributed by atoms with E-state index in [0.29, 0.717) is 5.82 Å². The fourth-order valence-corrected chi connectivity index (χ4v) is 2.53. The molecule has 0 spiro atoms. The summed E-state index contributed by atoms with van der Waals surface area (Å²) in [6.07, 6.45) is 7.71. The number of nitrogens with two attached hydrogens (primary N) is 1. The number of nitrogen functional groups attached to an aromatic ring is 1. The Hall–Kier alpha value is -1.07. The van der Waals surface area contributed by atoms with Crippen LogP contribution in [0.15, 0.2) is 6.20 Å². The first-order valence-corrected chi connectivity index (χ1v) is 6.82. The van der Waals surface area contributed by atoms with Crippen LogP contribution in [0.1, 0.15) is 50.2 Å². The van der Waals surface area contributed by atoms with Gasteiger partial charge in [-0.3, -0.25) is 5.10 Å². The van der Waals surface area contributed by atoms with E-state index >= 15 is 0 Å². The Balaban J connectivity index is 1.61. The first-order chi connectivity index (χ1) is 8.77. The minimum absolute atomic E-state index is 0.479. The van der Waals surface area contributed by atoms with Crippen LogP contribution in [0.4, 0.5) is 5.82 Å². The lowest BCUT2D eigenvalue weighted by Gasteiger charge is -2.21. The van der Waals surface area contributed by atoms with E-state index in [-0.39, 0.29) is 0 Å². The topological polar surface area (TPSA) is 84.2 Å². The summed E-state index contributed by atoms with van der Waals surface area (Å²) in [7, 11) is 0. The second-order valence-electron chi connectivity index (χ2n) is 5.10. The number of nitrogens with one attached hydrogen (secondary N) is 1. The van der Waals surface area contributed by atoms with Crippen LogP contribution < -0.4 is 5.73 Å². The molecular weight excluding hydrogens is 230 g/mol. The number of hydrogen-bond donors (Lipinski definition) is 3. The zero-order valence-electron chi connectivity index (χ0n) is 10.8. The molecule has 1 aliphatic heterocycles. The Labute approximate surface area is 108 Å². The second kappa shape index (κ2) is 6.75. The quantitative estimate of drug-likeness (QED) is 0.677. The second-order valence-corrected chi connectivity index (χ2v) is 5.10. The summed E-state index contributed by atoms with van der Waals surface area (Å²) in [5.74, 6) is 1.29. The van der Waals surface area contributed by atoms with Crippen molar-refractivity contribution in [3.05, 3.63) is 11.8 Å². The Bertz CT molecular complexity index is 348. The van der Waals surface area contributed by atoms with E-state index in [1.165, 1.54) is 25.7 Å². The molecule has 1 aromatic rings. The van der Waals surface area contributed by atoms with Gasteiger partial charge in [0.05, 0.1) is 12.3 Å². The van der Waals surface area contributed by atoms with Gasteiger partial charge in [-0.15, -0.1) is 0 Å². The molecular formula is C13H23N3O2. The van der Waals surface area contributed by atoms with Gasteiger partial charge in [-0.2, -0.15) is 5.10 Å². The molecule has 1 aromatic heterocycles. The number of aromatic nitrogens is 2. The van der Waals surface area contributed by atoms with Gasteiger partial charge < -0.3 is 15.6 Å². The lowest BCUT2D eigenvalue weighted by molar-refractivity contribution is 0.0626. The number of aromatic amines is 1. The van der Waals surface area contributed by atoms with Crippen molar-refractivity contribution in [1.29, 1.82) is 0 Å². The summed E-state index contributed by atoms with van der Waals surface area (Å²) in [5, 5.41) is 16.4.